The number of phenols is 1. The summed E-state index contributed by atoms with van der Waals surface area (Å²) in [5.41, 5.74) is 0.702. The smallest absolute Gasteiger partial charge is 0.311 e. The zero-order valence-electron chi connectivity index (χ0n) is 11.6. The number of carbonyl (C=O) groups excluding carboxylic acids is 2. The summed E-state index contributed by atoms with van der Waals surface area (Å²) >= 11 is 0. The van der Waals surface area contributed by atoms with Crippen LogP contribution >= 0.6 is 0 Å². The average molecular weight is 278 g/mol. The van der Waals surface area contributed by atoms with E-state index in [0.29, 0.717) is 12.0 Å². The fraction of sp³-hybridized carbons (Fsp3) is 0.333. The number of esters is 2. The number of hydrogen-bond donors (Lipinski definition) is 1. The second-order valence-corrected chi connectivity index (χ2v) is 4.09. The normalized spacial score (nSPS) is 9.90. The molecular weight excluding hydrogens is 260 g/mol. The van der Waals surface area contributed by atoms with Crippen LogP contribution in [0.1, 0.15) is 32.3 Å². The van der Waals surface area contributed by atoms with E-state index in [0.717, 1.165) is 0 Å². The van der Waals surface area contributed by atoms with Crippen molar-refractivity contribution in [3.8, 4) is 17.2 Å². The largest absolute Gasteiger partial charge is 0.504 e. The highest BCUT2D eigenvalue weighted by Gasteiger charge is 2.18. The van der Waals surface area contributed by atoms with Crippen molar-refractivity contribution < 1.29 is 24.2 Å². The van der Waals surface area contributed by atoms with Gasteiger partial charge in [0.05, 0.1) is 0 Å². The van der Waals surface area contributed by atoms with Crippen LogP contribution in [-0.4, -0.2) is 17.0 Å². The van der Waals surface area contributed by atoms with E-state index in [2.05, 4.69) is 6.58 Å². The SMILES string of the molecule is C=CCc1cc(O)c(OC(=O)CC)c(OC(=O)CC)c1. The van der Waals surface area contributed by atoms with Crippen molar-refractivity contribution in [2.75, 3.05) is 0 Å². The van der Waals surface area contributed by atoms with Crippen molar-refractivity contribution >= 4 is 11.9 Å². The van der Waals surface area contributed by atoms with Gasteiger partial charge >= 0.3 is 11.9 Å². The van der Waals surface area contributed by atoms with Crippen LogP contribution in [0.15, 0.2) is 24.8 Å². The third kappa shape index (κ3) is 4.12. The number of phenolic OH excluding ortho intramolecular Hbond substituents is 1. The molecule has 20 heavy (non-hydrogen) atoms. The van der Waals surface area contributed by atoms with E-state index in [1.54, 1.807) is 26.0 Å². The third-order valence-corrected chi connectivity index (χ3v) is 2.49. The first-order valence-corrected chi connectivity index (χ1v) is 6.39. The first-order valence-electron chi connectivity index (χ1n) is 6.39. The van der Waals surface area contributed by atoms with Gasteiger partial charge in [-0.05, 0) is 24.1 Å². The summed E-state index contributed by atoms with van der Waals surface area (Å²) in [5.74, 6) is -1.34. The lowest BCUT2D eigenvalue weighted by Gasteiger charge is -2.13. The molecule has 108 valence electrons. The minimum Gasteiger partial charge on any atom is -0.504 e. The van der Waals surface area contributed by atoms with Crippen molar-refractivity contribution in [1.82, 2.24) is 0 Å². The molecule has 0 radical (unpaired) electrons. The van der Waals surface area contributed by atoms with E-state index >= 15 is 0 Å². The van der Waals surface area contributed by atoms with E-state index < -0.39 is 11.9 Å². The highest BCUT2D eigenvalue weighted by molar-refractivity contribution is 5.77. The van der Waals surface area contributed by atoms with Gasteiger partial charge in [0.1, 0.15) is 0 Å². The molecule has 5 heteroatoms. The van der Waals surface area contributed by atoms with Gasteiger partial charge < -0.3 is 14.6 Å². The minimum absolute atomic E-state index is 0.0375. The predicted octanol–water partition coefficient (Wildman–Crippen LogP) is 2.75. The van der Waals surface area contributed by atoms with Gasteiger partial charge in [0.25, 0.3) is 0 Å². The van der Waals surface area contributed by atoms with Crippen molar-refractivity contribution in [2.45, 2.75) is 33.1 Å². The van der Waals surface area contributed by atoms with Crippen molar-refractivity contribution in [3.05, 3.63) is 30.4 Å². The van der Waals surface area contributed by atoms with Gasteiger partial charge in [-0.25, -0.2) is 0 Å². The van der Waals surface area contributed by atoms with Gasteiger partial charge in [-0.2, -0.15) is 0 Å². The molecule has 0 aromatic heterocycles. The maximum atomic E-state index is 11.4. The van der Waals surface area contributed by atoms with Crippen LogP contribution < -0.4 is 9.47 Å². The minimum atomic E-state index is -0.523. The summed E-state index contributed by atoms with van der Waals surface area (Å²) in [6.07, 6.45) is 2.47. The molecular formula is C15H18O5. The van der Waals surface area contributed by atoms with Gasteiger partial charge in [0.15, 0.2) is 11.5 Å². The van der Waals surface area contributed by atoms with Crippen LogP contribution in [0.25, 0.3) is 0 Å². The molecule has 0 aliphatic carbocycles. The zero-order valence-corrected chi connectivity index (χ0v) is 11.6. The standard InChI is InChI=1S/C15H18O5/c1-4-7-10-8-11(16)15(20-14(18)6-3)12(9-10)19-13(17)5-2/h4,8-9,16H,1,5-7H2,2-3H3. The summed E-state index contributed by atoms with van der Waals surface area (Å²) < 4.78 is 10.1. The molecule has 0 fully saturated rings. The molecule has 1 aromatic rings. The van der Waals surface area contributed by atoms with Crippen LogP contribution in [0.4, 0.5) is 0 Å². The molecule has 1 rings (SSSR count). The Balaban J connectivity index is 3.20. The molecule has 1 N–H and O–H groups in total. The number of hydrogen-bond acceptors (Lipinski definition) is 5. The second kappa shape index (κ2) is 7.33. The number of allylic oxidation sites excluding steroid dienone is 1. The Morgan fingerprint density at radius 2 is 1.80 bits per heavy atom. The fourth-order valence-corrected chi connectivity index (χ4v) is 1.49. The Morgan fingerprint density at radius 1 is 1.20 bits per heavy atom. The van der Waals surface area contributed by atoms with E-state index in [9.17, 15) is 14.7 Å². The summed E-state index contributed by atoms with van der Waals surface area (Å²) in [4.78, 5) is 22.8. The topological polar surface area (TPSA) is 72.8 Å². The molecule has 0 saturated heterocycles. The third-order valence-electron chi connectivity index (χ3n) is 2.49. The van der Waals surface area contributed by atoms with Crippen LogP contribution in [0, 0.1) is 0 Å². The van der Waals surface area contributed by atoms with Gasteiger partial charge in [-0.3, -0.25) is 9.59 Å². The molecule has 0 bridgehead atoms. The lowest BCUT2D eigenvalue weighted by atomic mass is 10.1. The number of carbonyl (C=O) groups is 2. The van der Waals surface area contributed by atoms with Gasteiger partial charge in [0, 0.05) is 12.8 Å². The average Bonchev–Trinajstić information content (AvgIpc) is 2.42. The maximum Gasteiger partial charge on any atom is 0.311 e. The molecule has 0 aliphatic heterocycles. The molecule has 0 saturated carbocycles. The molecule has 0 aliphatic rings. The van der Waals surface area contributed by atoms with E-state index in [4.69, 9.17) is 9.47 Å². The quantitative estimate of drug-likeness (QED) is 0.492. The maximum absolute atomic E-state index is 11.4. The second-order valence-electron chi connectivity index (χ2n) is 4.09. The first-order chi connectivity index (χ1) is 9.51. The number of ether oxygens (including phenoxy) is 2. The van der Waals surface area contributed by atoms with E-state index in [-0.39, 0.29) is 30.1 Å². The molecule has 0 spiro atoms. The molecule has 0 heterocycles. The molecule has 1 aromatic carbocycles. The Morgan fingerprint density at radius 3 is 2.35 bits per heavy atom. The van der Waals surface area contributed by atoms with E-state index in [1.807, 2.05) is 0 Å². The number of aromatic hydroxyl groups is 1. The highest BCUT2D eigenvalue weighted by Crippen LogP contribution is 2.38. The van der Waals surface area contributed by atoms with Crippen molar-refractivity contribution in [2.24, 2.45) is 0 Å². The highest BCUT2D eigenvalue weighted by atomic mass is 16.6. The number of rotatable bonds is 6. The van der Waals surface area contributed by atoms with Crippen LogP contribution in [-0.2, 0) is 16.0 Å². The van der Waals surface area contributed by atoms with Gasteiger partial charge in [-0.1, -0.05) is 19.9 Å². The van der Waals surface area contributed by atoms with Gasteiger partial charge in [0.2, 0.25) is 5.75 Å². The summed E-state index contributed by atoms with van der Waals surface area (Å²) in [6, 6.07) is 3.00. The van der Waals surface area contributed by atoms with Crippen LogP contribution in [0.3, 0.4) is 0 Å². The van der Waals surface area contributed by atoms with Crippen LogP contribution in [0.2, 0.25) is 0 Å². The zero-order chi connectivity index (χ0) is 15.1. The van der Waals surface area contributed by atoms with Crippen molar-refractivity contribution in [3.63, 3.8) is 0 Å². The van der Waals surface area contributed by atoms with Crippen molar-refractivity contribution in [1.29, 1.82) is 0 Å². The summed E-state index contributed by atoms with van der Waals surface area (Å²) in [5, 5.41) is 9.93. The number of benzene rings is 1. The molecule has 0 amide bonds. The molecule has 0 unspecified atom stereocenters. The first kappa shape index (κ1) is 15.8. The van der Waals surface area contributed by atoms with Crippen LogP contribution in [0.5, 0.6) is 17.2 Å². The lowest BCUT2D eigenvalue weighted by Crippen LogP contribution is -2.11. The lowest BCUT2D eigenvalue weighted by molar-refractivity contribution is -0.136. The Labute approximate surface area is 117 Å². The fourth-order valence-electron chi connectivity index (χ4n) is 1.49. The van der Waals surface area contributed by atoms with E-state index in [1.165, 1.54) is 6.07 Å². The molecule has 0 atom stereocenters. The molecule has 5 nitrogen and oxygen atoms in total. The Kier molecular flexibility index (Phi) is 5.77. The van der Waals surface area contributed by atoms with Gasteiger partial charge in [-0.15, -0.1) is 6.58 Å². The monoisotopic (exact) mass is 278 g/mol. The Hall–Kier alpha value is -2.30. The Bertz CT molecular complexity index is 519. The summed E-state index contributed by atoms with van der Waals surface area (Å²) in [7, 11) is 0. The summed E-state index contributed by atoms with van der Waals surface area (Å²) in [6.45, 7) is 6.88. The predicted molar refractivity (Wildman–Crippen MR) is 73.9 cm³/mol.